The summed E-state index contributed by atoms with van der Waals surface area (Å²) in [6.45, 7) is 13.8. The first-order valence-electron chi connectivity index (χ1n) is 17.5. The van der Waals surface area contributed by atoms with E-state index in [-0.39, 0.29) is 17.9 Å². The second kappa shape index (κ2) is 16.1. The smallest absolute Gasteiger partial charge is 0.223 e. The van der Waals surface area contributed by atoms with E-state index in [1.165, 1.54) is 25.7 Å². The number of piperidine rings is 1. The van der Waals surface area contributed by atoms with Crippen molar-refractivity contribution in [3.05, 3.63) is 78.3 Å². The summed E-state index contributed by atoms with van der Waals surface area (Å²) in [7, 11) is 0. The maximum atomic E-state index is 13.0. The van der Waals surface area contributed by atoms with Crippen molar-refractivity contribution in [2.45, 2.75) is 92.0 Å². The number of amides is 1. The molecule has 1 saturated heterocycles. The van der Waals surface area contributed by atoms with Crippen LogP contribution in [0.5, 0.6) is 0 Å². The van der Waals surface area contributed by atoms with Gasteiger partial charge < -0.3 is 10.2 Å². The molecule has 5 rings (SSSR count). The van der Waals surface area contributed by atoms with Crippen LogP contribution in [0.25, 0.3) is 33.4 Å². The van der Waals surface area contributed by atoms with E-state index in [9.17, 15) is 4.79 Å². The first-order chi connectivity index (χ1) is 22.4. The Kier molecular flexibility index (Phi) is 11.8. The lowest BCUT2D eigenvalue weighted by Gasteiger charge is -2.32. The molecule has 244 valence electrons. The fourth-order valence-corrected chi connectivity index (χ4v) is 6.51. The van der Waals surface area contributed by atoms with Crippen LogP contribution in [0, 0.1) is 18.8 Å². The van der Waals surface area contributed by atoms with Gasteiger partial charge in [-0.15, -0.1) is 0 Å². The Morgan fingerprint density at radius 2 is 1.87 bits per heavy atom. The van der Waals surface area contributed by atoms with E-state index >= 15 is 0 Å². The van der Waals surface area contributed by atoms with E-state index in [1.807, 2.05) is 29.8 Å². The number of carbonyl (C=O) groups excluding carboxylic acids is 1. The summed E-state index contributed by atoms with van der Waals surface area (Å²) in [6.07, 6.45) is 17.4. The van der Waals surface area contributed by atoms with Gasteiger partial charge in [-0.25, -0.2) is 9.97 Å². The number of carbonyl (C=O) groups is 1. The van der Waals surface area contributed by atoms with Crippen molar-refractivity contribution in [3.63, 3.8) is 0 Å². The molecule has 0 spiro atoms. The van der Waals surface area contributed by atoms with Crippen molar-refractivity contribution >= 4 is 28.2 Å². The Morgan fingerprint density at radius 1 is 1.09 bits per heavy atom. The molecule has 1 aliphatic rings. The van der Waals surface area contributed by atoms with Gasteiger partial charge in [0.25, 0.3) is 0 Å². The highest BCUT2D eigenvalue weighted by atomic mass is 16.1. The van der Waals surface area contributed by atoms with Crippen LogP contribution in [0.3, 0.4) is 0 Å². The molecule has 3 aromatic heterocycles. The molecule has 0 radical (unpaired) electrons. The van der Waals surface area contributed by atoms with E-state index in [0.717, 1.165) is 90.1 Å². The van der Waals surface area contributed by atoms with Gasteiger partial charge in [0.2, 0.25) is 5.91 Å². The van der Waals surface area contributed by atoms with Crippen molar-refractivity contribution in [1.29, 1.82) is 0 Å². The average Bonchev–Trinajstić information content (AvgIpc) is 3.47. The maximum Gasteiger partial charge on any atom is 0.223 e. The number of benzene rings is 1. The molecular formula is C39H52N6O. The Morgan fingerprint density at radius 3 is 2.61 bits per heavy atom. The van der Waals surface area contributed by atoms with Crippen LogP contribution in [0.15, 0.2) is 66.9 Å². The molecule has 4 heterocycles. The number of hydrogen-bond acceptors (Lipinski definition) is 5. The summed E-state index contributed by atoms with van der Waals surface area (Å²) < 4.78 is 1.86. The lowest BCUT2D eigenvalue weighted by Crippen LogP contribution is -2.44. The first-order valence-corrected chi connectivity index (χ1v) is 17.5. The summed E-state index contributed by atoms with van der Waals surface area (Å²) in [5, 5.41) is 8.99. The number of aromatic nitrogens is 4. The molecule has 0 bridgehead atoms. The normalized spacial score (nSPS) is 16.4. The summed E-state index contributed by atoms with van der Waals surface area (Å²) >= 11 is 0. The maximum absolute atomic E-state index is 13.0. The Hall–Kier alpha value is -3.84. The molecule has 1 aliphatic heterocycles. The van der Waals surface area contributed by atoms with Gasteiger partial charge in [0, 0.05) is 41.7 Å². The zero-order valence-corrected chi connectivity index (χ0v) is 28.5. The number of hydrogen-bond donors (Lipinski definition) is 1. The number of nitrogens with one attached hydrogen (secondary N) is 1. The molecule has 0 aliphatic carbocycles. The molecule has 46 heavy (non-hydrogen) atoms. The monoisotopic (exact) mass is 620 g/mol. The number of unbranched alkanes of at least 4 members (excludes halogenated alkanes) is 2. The quantitative estimate of drug-likeness (QED) is 0.113. The Balaban J connectivity index is 1.23. The second-order valence-electron chi connectivity index (χ2n) is 13.1. The standard InChI is InChI=1S/C39H52N6O/c1-6-8-10-16-28(3)30(5)41-39(46)33-20-23-44(24-21-33)22-14-13-19-32(15-7-2)37-35(31-17-11-9-12-18-31)26-34-27-40-36-25-29(4)43-45(36)38(34)42-37/h9,11-13,15,17-19,25-28,30,33H,6-8,10,14,16,20-24H2,1-5H3,(H,41,46). The minimum atomic E-state index is 0.131. The van der Waals surface area contributed by atoms with Crippen LogP contribution < -0.4 is 5.32 Å². The molecule has 1 N–H and O–H groups in total. The lowest BCUT2D eigenvalue weighted by atomic mass is 9.93. The molecule has 7 heteroatoms. The minimum absolute atomic E-state index is 0.131. The second-order valence-corrected chi connectivity index (χ2v) is 13.1. The highest BCUT2D eigenvalue weighted by Gasteiger charge is 2.26. The molecule has 1 amide bonds. The fraction of sp³-hybridized carbons (Fsp3) is 0.487. The van der Waals surface area contributed by atoms with Gasteiger partial charge in [0.05, 0.1) is 11.4 Å². The topological polar surface area (TPSA) is 75.4 Å². The number of nitrogens with zero attached hydrogens (tertiary/aromatic N) is 5. The zero-order valence-electron chi connectivity index (χ0n) is 28.5. The summed E-state index contributed by atoms with van der Waals surface area (Å²) in [5.41, 5.74) is 6.84. The fourth-order valence-electron chi connectivity index (χ4n) is 6.51. The third kappa shape index (κ3) is 8.30. The van der Waals surface area contributed by atoms with Crippen molar-refractivity contribution in [2.24, 2.45) is 11.8 Å². The first kappa shape index (κ1) is 33.5. The Bertz CT molecular complexity index is 1650. The summed E-state index contributed by atoms with van der Waals surface area (Å²) in [5.74, 6) is 0.904. The van der Waals surface area contributed by atoms with Gasteiger partial charge in [0.1, 0.15) is 0 Å². The number of likely N-dealkylation sites (tertiary alicyclic amines) is 1. The molecule has 2 unspecified atom stereocenters. The molecule has 4 aromatic rings. The number of pyridine rings is 1. The van der Waals surface area contributed by atoms with Crippen molar-refractivity contribution in [1.82, 2.24) is 29.8 Å². The number of allylic oxidation sites excluding steroid dienone is 3. The minimum Gasteiger partial charge on any atom is -0.353 e. The molecule has 2 atom stereocenters. The number of rotatable bonds is 14. The van der Waals surface area contributed by atoms with E-state index in [0.29, 0.717) is 5.92 Å². The highest BCUT2D eigenvalue weighted by molar-refractivity contribution is 5.91. The predicted molar refractivity (Wildman–Crippen MR) is 191 cm³/mol. The summed E-state index contributed by atoms with van der Waals surface area (Å²) in [6, 6.07) is 14.9. The van der Waals surface area contributed by atoms with Crippen LogP contribution in [0.2, 0.25) is 0 Å². The molecule has 0 saturated carbocycles. The van der Waals surface area contributed by atoms with Gasteiger partial charge in [-0.1, -0.05) is 88.6 Å². The average molecular weight is 621 g/mol. The van der Waals surface area contributed by atoms with E-state index in [4.69, 9.17) is 10.1 Å². The van der Waals surface area contributed by atoms with Crippen molar-refractivity contribution < 1.29 is 4.79 Å². The van der Waals surface area contributed by atoms with Gasteiger partial charge >= 0.3 is 0 Å². The molecule has 1 aromatic carbocycles. The van der Waals surface area contributed by atoms with Gasteiger partial charge in [-0.05, 0) is 82.2 Å². The van der Waals surface area contributed by atoms with Gasteiger partial charge in [-0.3, -0.25) is 4.79 Å². The number of aryl methyl sites for hydroxylation is 1. The third-order valence-electron chi connectivity index (χ3n) is 9.52. The third-order valence-corrected chi connectivity index (χ3v) is 9.52. The van der Waals surface area contributed by atoms with Crippen molar-refractivity contribution in [2.75, 3.05) is 19.6 Å². The largest absolute Gasteiger partial charge is 0.353 e. The molecule has 7 nitrogen and oxygen atoms in total. The molecular weight excluding hydrogens is 568 g/mol. The van der Waals surface area contributed by atoms with Crippen LogP contribution in [0.1, 0.15) is 90.4 Å². The Labute approximate surface area is 275 Å². The van der Waals surface area contributed by atoms with Crippen molar-refractivity contribution in [3.8, 4) is 11.1 Å². The predicted octanol–water partition coefficient (Wildman–Crippen LogP) is 8.43. The van der Waals surface area contributed by atoms with Crippen LogP contribution in [0.4, 0.5) is 0 Å². The molecule has 1 fully saturated rings. The van der Waals surface area contributed by atoms with E-state index in [1.54, 1.807) is 0 Å². The lowest BCUT2D eigenvalue weighted by molar-refractivity contribution is -0.127. The van der Waals surface area contributed by atoms with Crippen LogP contribution >= 0.6 is 0 Å². The highest BCUT2D eigenvalue weighted by Crippen LogP contribution is 2.32. The van der Waals surface area contributed by atoms with Gasteiger partial charge in [-0.2, -0.15) is 9.61 Å². The zero-order chi connectivity index (χ0) is 32.5. The van der Waals surface area contributed by atoms with Gasteiger partial charge in [0.15, 0.2) is 11.3 Å². The number of fused-ring (bicyclic) bond motifs is 3. The SMILES string of the molecule is CCC=C(C=CCCN1CCC(C(=O)NC(C)C(C)CCCCC)CC1)c1nc2c(cnc3cc(C)nn32)cc1-c1ccccc1. The van der Waals surface area contributed by atoms with Crippen LogP contribution in [-0.4, -0.2) is 56.1 Å². The van der Waals surface area contributed by atoms with Crippen LogP contribution in [-0.2, 0) is 4.79 Å². The van der Waals surface area contributed by atoms with E-state index in [2.05, 4.69) is 91.5 Å². The summed E-state index contributed by atoms with van der Waals surface area (Å²) in [4.78, 5) is 25.4. The van der Waals surface area contributed by atoms with E-state index < -0.39 is 0 Å².